The predicted molar refractivity (Wildman–Crippen MR) is 123 cm³/mol. The fourth-order valence-electron chi connectivity index (χ4n) is 3.22. The number of amides is 1. The van der Waals surface area contributed by atoms with Crippen LogP contribution in [0.1, 0.15) is 24.2 Å². The van der Waals surface area contributed by atoms with E-state index in [0.717, 1.165) is 18.0 Å². The van der Waals surface area contributed by atoms with E-state index in [2.05, 4.69) is 31.4 Å². The van der Waals surface area contributed by atoms with Crippen LogP contribution in [0.2, 0.25) is 0 Å². The molecular weight excluding hydrogens is 466 g/mol. The quantitative estimate of drug-likeness (QED) is 0.449. The van der Waals surface area contributed by atoms with Crippen molar-refractivity contribution in [2.24, 2.45) is 5.10 Å². The molecule has 1 amide bonds. The minimum atomic E-state index is -0.808. The first-order valence-corrected chi connectivity index (χ1v) is 10.6. The highest BCUT2D eigenvalue weighted by atomic mass is 79.9. The van der Waals surface area contributed by atoms with E-state index >= 15 is 0 Å². The fraction of sp³-hybridized carbons (Fsp3) is 0.364. The smallest absolute Gasteiger partial charge is 0.273 e. The van der Waals surface area contributed by atoms with E-state index in [-0.39, 0.29) is 5.91 Å². The number of halogens is 1. The van der Waals surface area contributed by atoms with Crippen molar-refractivity contribution in [1.82, 2.24) is 5.43 Å². The zero-order valence-electron chi connectivity index (χ0n) is 18.0. The van der Waals surface area contributed by atoms with Gasteiger partial charge in [-0.15, -0.1) is 0 Å². The monoisotopic (exact) mass is 491 g/mol. The summed E-state index contributed by atoms with van der Waals surface area (Å²) in [7, 11) is 5.14. The van der Waals surface area contributed by atoms with Crippen molar-refractivity contribution in [3.63, 3.8) is 0 Å². The molecule has 0 aromatic heterocycles. The summed E-state index contributed by atoms with van der Waals surface area (Å²) in [5.74, 6) is 1.55. The van der Waals surface area contributed by atoms with E-state index < -0.39 is 6.10 Å². The van der Waals surface area contributed by atoms with E-state index in [1.807, 2.05) is 32.2 Å². The lowest BCUT2D eigenvalue weighted by atomic mass is 10.1. The van der Waals surface area contributed by atoms with Crippen molar-refractivity contribution < 1.29 is 23.7 Å². The maximum atomic E-state index is 12.8. The largest absolute Gasteiger partial charge is 0.495 e. The van der Waals surface area contributed by atoms with E-state index in [1.165, 1.54) is 6.21 Å². The van der Waals surface area contributed by atoms with E-state index in [4.69, 9.17) is 18.9 Å². The van der Waals surface area contributed by atoms with Crippen LogP contribution in [0.25, 0.3) is 0 Å². The van der Waals surface area contributed by atoms with Gasteiger partial charge in [0, 0.05) is 19.2 Å². The number of nitrogens with zero attached hydrogens (tertiary/aromatic N) is 2. The zero-order valence-corrected chi connectivity index (χ0v) is 19.6. The Morgan fingerprint density at radius 1 is 1.29 bits per heavy atom. The third-order valence-corrected chi connectivity index (χ3v) is 5.59. The molecule has 0 spiro atoms. The molecule has 0 saturated carbocycles. The summed E-state index contributed by atoms with van der Waals surface area (Å²) in [5, 5.41) is 4.08. The van der Waals surface area contributed by atoms with Gasteiger partial charge in [0.15, 0.2) is 6.10 Å². The van der Waals surface area contributed by atoms with Crippen molar-refractivity contribution in [2.75, 3.05) is 45.9 Å². The van der Waals surface area contributed by atoms with Gasteiger partial charge in [-0.25, -0.2) is 5.43 Å². The molecule has 2 aromatic carbocycles. The second kappa shape index (κ2) is 10.5. The summed E-state index contributed by atoms with van der Waals surface area (Å²) in [6.07, 6.45) is 0.709. The van der Waals surface area contributed by atoms with Gasteiger partial charge >= 0.3 is 0 Å². The van der Waals surface area contributed by atoms with E-state index in [9.17, 15) is 4.79 Å². The first kappa shape index (κ1) is 22.9. The van der Waals surface area contributed by atoms with Gasteiger partial charge < -0.3 is 23.8 Å². The Kier molecular flexibility index (Phi) is 7.75. The van der Waals surface area contributed by atoms with Crippen molar-refractivity contribution in [3.05, 3.63) is 45.9 Å². The molecule has 1 aliphatic rings. The number of anilines is 1. The predicted octanol–water partition coefficient (Wildman–Crippen LogP) is 3.52. The van der Waals surface area contributed by atoms with Crippen LogP contribution in [0.4, 0.5) is 5.69 Å². The highest BCUT2D eigenvalue weighted by Crippen LogP contribution is 2.35. The van der Waals surface area contributed by atoms with E-state index in [1.54, 1.807) is 26.4 Å². The van der Waals surface area contributed by atoms with Crippen LogP contribution < -0.4 is 24.5 Å². The normalized spacial score (nSPS) is 14.0. The first-order valence-electron chi connectivity index (χ1n) is 9.82. The van der Waals surface area contributed by atoms with E-state index in [0.29, 0.717) is 40.3 Å². The highest BCUT2D eigenvalue weighted by Gasteiger charge is 2.24. The zero-order chi connectivity index (χ0) is 22.4. The number of hydrogen-bond acceptors (Lipinski definition) is 7. The number of fused-ring (bicyclic) bond motifs is 1. The Morgan fingerprint density at radius 3 is 2.65 bits per heavy atom. The number of hydrogen-bond donors (Lipinski definition) is 1. The molecule has 8 nitrogen and oxygen atoms in total. The van der Waals surface area contributed by atoms with Gasteiger partial charge in [0.25, 0.3) is 5.91 Å². The molecule has 31 heavy (non-hydrogen) atoms. The van der Waals surface area contributed by atoms with Crippen molar-refractivity contribution >= 4 is 33.7 Å². The molecule has 2 aromatic rings. The van der Waals surface area contributed by atoms with Gasteiger partial charge in [0.05, 0.1) is 32.7 Å². The molecule has 1 heterocycles. The summed E-state index contributed by atoms with van der Waals surface area (Å²) in [6, 6.07) is 9.21. The third-order valence-electron chi connectivity index (χ3n) is 4.81. The molecule has 1 atom stereocenters. The second-order valence-corrected chi connectivity index (χ2v) is 7.60. The molecule has 166 valence electrons. The summed E-state index contributed by atoms with van der Waals surface area (Å²) in [4.78, 5) is 14.9. The molecule has 0 saturated heterocycles. The highest BCUT2D eigenvalue weighted by molar-refractivity contribution is 9.10. The lowest BCUT2D eigenvalue weighted by Gasteiger charge is -2.28. The van der Waals surface area contributed by atoms with Crippen molar-refractivity contribution in [1.29, 1.82) is 0 Å². The first-order chi connectivity index (χ1) is 15.0. The third kappa shape index (κ3) is 5.29. The standard InChI is InChI=1S/C22H26BrN3O5/c1-5-30-21(15-6-7-16-17(12-15)31-9-8-26(16)2)22(27)25-24-13-14-10-18(28-3)20(23)19(11-14)29-4/h6-7,10-13,21H,5,8-9H2,1-4H3,(H,25,27). The van der Waals surface area contributed by atoms with Gasteiger partial charge in [-0.1, -0.05) is 6.07 Å². The molecule has 3 rings (SSSR count). The maximum Gasteiger partial charge on any atom is 0.273 e. The molecule has 0 bridgehead atoms. The lowest BCUT2D eigenvalue weighted by molar-refractivity contribution is -0.132. The Labute approximate surface area is 190 Å². The number of hydrazone groups is 1. The van der Waals surface area contributed by atoms with Crippen molar-refractivity contribution in [2.45, 2.75) is 13.0 Å². The average Bonchev–Trinajstić information content (AvgIpc) is 2.78. The molecule has 1 unspecified atom stereocenters. The number of methoxy groups -OCH3 is 2. The van der Waals surface area contributed by atoms with Crippen LogP contribution in [-0.4, -0.2) is 53.1 Å². The number of carbonyl (C=O) groups excluding carboxylic acids is 1. The van der Waals surface area contributed by atoms with Crippen LogP contribution in [0.3, 0.4) is 0 Å². The number of benzene rings is 2. The van der Waals surface area contributed by atoms with Gasteiger partial charge in [-0.05, 0) is 52.7 Å². The number of nitrogens with one attached hydrogen (secondary N) is 1. The SMILES string of the molecule is CCOC(C(=O)NN=Cc1cc(OC)c(Br)c(OC)c1)c1ccc2c(c1)OCCN2C. The molecular formula is C22H26BrN3O5. The summed E-state index contributed by atoms with van der Waals surface area (Å²) in [6.45, 7) is 3.64. The van der Waals surface area contributed by atoms with Crippen LogP contribution in [0, 0.1) is 0 Å². The average molecular weight is 492 g/mol. The second-order valence-electron chi connectivity index (χ2n) is 6.81. The Morgan fingerprint density at radius 2 is 2.00 bits per heavy atom. The van der Waals surface area contributed by atoms with Crippen LogP contribution in [0.15, 0.2) is 39.9 Å². The molecule has 1 N–H and O–H groups in total. The van der Waals surface area contributed by atoms with Gasteiger partial charge in [0.1, 0.15) is 28.3 Å². The fourth-order valence-corrected chi connectivity index (χ4v) is 3.77. The maximum absolute atomic E-state index is 12.8. The molecule has 9 heteroatoms. The minimum absolute atomic E-state index is 0.376. The van der Waals surface area contributed by atoms with Crippen molar-refractivity contribution in [3.8, 4) is 17.2 Å². The molecule has 0 fully saturated rings. The summed E-state index contributed by atoms with van der Waals surface area (Å²) < 4.78 is 22.8. The van der Waals surface area contributed by atoms with Gasteiger partial charge in [0.2, 0.25) is 0 Å². The summed E-state index contributed by atoms with van der Waals surface area (Å²) >= 11 is 3.43. The Balaban J connectivity index is 1.76. The Bertz CT molecular complexity index is 941. The van der Waals surface area contributed by atoms with Crippen LogP contribution >= 0.6 is 15.9 Å². The number of rotatable bonds is 8. The molecule has 1 aliphatic heterocycles. The number of carbonyl (C=O) groups is 1. The minimum Gasteiger partial charge on any atom is -0.495 e. The van der Waals surface area contributed by atoms with Crippen LogP contribution in [-0.2, 0) is 9.53 Å². The lowest BCUT2D eigenvalue weighted by Crippen LogP contribution is -2.30. The van der Waals surface area contributed by atoms with Gasteiger partial charge in [-0.2, -0.15) is 5.10 Å². The topological polar surface area (TPSA) is 81.6 Å². The van der Waals surface area contributed by atoms with Gasteiger partial charge in [-0.3, -0.25) is 4.79 Å². The van der Waals surface area contributed by atoms with Crippen LogP contribution in [0.5, 0.6) is 17.2 Å². The molecule has 0 aliphatic carbocycles. The number of likely N-dealkylation sites (N-methyl/N-ethyl adjacent to an activating group) is 1. The summed E-state index contributed by atoms with van der Waals surface area (Å²) in [5.41, 5.74) is 4.95. The number of ether oxygens (including phenoxy) is 4. The molecule has 0 radical (unpaired) electrons. The Hall–Kier alpha value is -2.78.